The molecule has 550 valence electrons. The van der Waals surface area contributed by atoms with Gasteiger partial charge < -0.3 is 105 Å². The molecule has 0 unspecified atom stereocenters. The molecular formula is C64H82N10O25S2. The van der Waals surface area contributed by atoms with Gasteiger partial charge in [-0.15, -0.1) is 10.2 Å². The van der Waals surface area contributed by atoms with Crippen molar-refractivity contribution < 1.29 is 116 Å². The molecule has 8 rings (SSSR count). The molecule has 3 saturated heterocycles. The average molecular weight is 1460 g/mol. The van der Waals surface area contributed by atoms with E-state index in [1.807, 2.05) is 24.3 Å². The van der Waals surface area contributed by atoms with Gasteiger partial charge in [-0.3, -0.25) is 33.6 Å². The van der Waals surface area contributed by atoms with Crippen LogP contribution >= 0.6 is 23.7 Å². The topological polar surface area (TPSA) is 502 Å². The molecule has 0 radical (unpaired) electrons. The normalized spacial score (nSPS) is 23.4. The van der Waals surface area contributed by atoms with Crippen molar-refractivity contribution in [2.45, 2.75) is 158 Å². The largest absolute Gasteiger partial charge is 0.519 e. The molecule has 0 saturated carbocycles. The van der Waals surface area contributed by atoms with Crippen LogP contribution in [0, 0.1) is 12.8 Å². The van der Waals surface area contributed by atoms with Crippen molar-refractivity contribution in [1.29, 1.82) is 0 Å². The predicted molar refractivity (Wildman–Crippen MR) is 352 cm³/mol. The number of carbonyl (C=O) groups is 8. The second-order valence-electron chi connectivity index (χ2n) is 24.4. The third kappa shape index (κ3) is 21.4. The quantitative estimate of drug-likeness (QED) is 0.0143. The number of methoxy groups -OCH3 is 1. The highest BCUT2D eigenvalue weighted by molar-refractivity contribution is 7.90. The fourth-order valence-corrected chi connectivity index (χ4v) is 12.6. The van der Waals surface area contributed by atoms with E-state index in [-0.39, 0.29) is 40.7 Å². The van der Waals surface area contributed by atoms with Crippen LogP contribution in [-0.2, 0) is 60.6 Å². The molecule has 14 N–H and O–H groups in total. The summed E-state index contributed by atoms with van der Waals surface area (Å²) in [5, 5.41) is 116. The summed E-state index contributed by atoms with van der Waals surface area (Å²) < 4.78 is 35.1. The number of hydrogen-bond acceptors (Lipinski definition) is 29. The number of fused-ring (bicyclic) bond motifs is 2. The van der Waals surface area contributed by atoms with Gasteiger partial charge in [-0.1, -0.05) is 65.1 Å². The Morgan fingerprint density at radius 3 is 2.08 bits per heavy atom. The monoisotopic (exact) mass is 1450 g/mol. The maximum Gasteiger partial charge on any atom is 0.519 e. The number of hydrogen-bond donors (Lipinski definition) is 14. The molecular weight excluding hydrogens is 1370 g/mol. The SMILES string of the molecule is COCCCCCCCOc1ccc(-c2nnc(-c3ccc(C(=O)N[C@H]4C[C@H](O)CNC(=O)[C@@H]5[C@@H](O)[C@H](C)CN5C(=O)[C@H]([C@H](O)CCNC(=O)OCc5oc(=O)oc5C)NC(=O)[C@H]([C@H](O)Cc5ccc(O)c(OSOOO)c5)NC(=O)[C@@H]5C[C@@H](O)CN5C(=O)[C@H]([C@@H](C)O)NC4=O)cc3)s2)cc1. The molecule has 3 aliphatic heterocycles. The first-order valence-electron chi connectivity index (χ1n) is 32.3. The summed E-state index contributed by atoms with van der Waals surface area (Å²) in [4.78, 5) is 129. The number of phenolic OH excluding ortho intramolecular Hbond substituents is 1. The Morgan fingerprint density at radius 2 is 1.42 bits per heavy atom. The Labute approximate surface area is 585 Å². The van der Waals surface area contributed by atoms with Crippen LogP contribution in [0.25, 0.3) is 21.1 Å². The van der Waals surface area contributed by atoms with Gasteiger partial charge in [0, 0.05) is 81.8 Å². The van der Waals surface area contributed by atoms with Crippen molar-refractivity contribution in [3.8, 4) is 38.4 Å². The van der Waals surface area contributed by atoms with Gasteiger partial charge in [0.25, 0.3) is 18.2 Å². The van der Waals surface area contributed by atoms with Crippen LogP contribution in [0.5, 0.6) is 17.2 Å². The van der Waals surface area contributed by atoms with Crippen LogP contribution in [0.15, 0.2) is 80.4 Å². The zero-order valence-electron chi connectivity index (χ0n) is 55.3. The van der Waals surface area contributed by atoms with E-state index >= 15 is 4.79 Å². The van der Waals surface area contributed by atoms with E-state index in [9.17, 15) is 74.1 Å². The number of amides is 8. The molecule has 3 fully saturated rings. The molecule has 101 heavy (non-hydrogen) atoms. The van der Waals surface area contributed by atoms with Crippen LogP contribution in [0.3, 0.4) is 0 Å². The Balaban J connectivity index is 1.06. The van der Waals surface area contributed by atoms with E-state index in [1.165, 1.54) is 43.4 Å². The van der Waals surface area contributed by atoms with Crippen molar-refractivity contribution >= 4 is 71.1 Å². The zero-order chi connectivity index (χ0) is 73.0. The summed E-state index contributed by atoms with van der Waals surface area (Å²) in [6, 6.07) is 5.15. The Morgan fingerprint density at radius 1 is 0.762 bits per heavy atom. The van der Waals surface area contributed by atoms with Gasteiger partial charge in [-0.2, -0.15) is 0 Å². The molecule has 0 bridgehead atoms. The van der Waals surface area contributed by atoms with Gasteiger partial charge in [-0.25, -0.2) is 14.8 Å². The molecule has 5 aromatic rings. The van der Waals surface area contributed by atoms with E-state index in [0.717, 1.165) is 73.1 Å². The number of aromatic hydroxyl groups is 1. The number of benzene rings is 3. The standard InChI is InChI=1S/C64H82N10O25S2/c1-32-29-74-52(53(32)81)58(86)66-28-39(76)26-42(67-54(82)36-11-13-37(14-12-36)59-71-72-60(100-59)38-15-17-41(18-16-38)93-23-9-7-5-6-8-22-92-4)55(83)68-49(33(2)75)61(87)73-30-40(77)27-43(73)56(84)69-50(46(80)24-35-10-19-44(78)47(25-35)97-101-99-98-91)57(85)70-51(62(74)88)45(79)20-21-65-63(89)94-31-48-34(3)95-64(90)96-48/h10-19,25,32-33,39-40,42-43,45-46,49-53,75-81,91H,5-9,20-24,26-31H2,1-4H3,(H,65,89)(H,66,86)(H,67,82)(H,68,83)(H,69,84)(H,70,85)/t32-,33-,39+,40-,42+,43+,45-,46-,49+,50+,51+,52+,53+/m1/s1. The maximum atomic E-state index is 15.1. The number of aryl methyl sites for hydroxylation is 1. The molecule has 35 nitrogen and oxygen atoms in total. The van der Waals surface area contributed by atoms with Crippen molar-refractivity contribution in [3.63, 3.8) is 0 Å². The smallest absolute Gasteiger partial charge is 0.504 e. The van der Waals surface area contributed by atoms with Gasteiger partial charge in [0.05, 0.1) is 43.2 Å². The highest BCUT2D eigenvalue weighted by Crippen LogP contribution is 2.34. The maximum absolute atomic E-state index is 15.1. The lowest BCUT2D eigenvalue weighted by Gasteiger charge is -2.34. The Hall–Kier alpha value is -8.86. The number of unbranched alkanes of at least 4 members (excludes halogenated alkanes) is 4. The fourth-order valence-electron chi connectivity index (χ4n) is 11.5. The molecule has 2 aromatic heterocycles. The van der Waals surface area contributed by atoms with Crippen molar-refractivity contribution in [3.05, 3.63) is 100.0 Å². The predicted octanol–water partition coefficient (Wildman–Crippen LogP) is 0.0362. The number of nitrogens with one attached hydrogen (secondary N) is 6. The summed E-state index contributed by atoms with van der Waals surface area (Å²) in [5.74, 6) is -10.5. The summed E-state index contributed by atoms with van der Waals surface area (Å²) in [7, 11) is 1.69. The molecule has 37 heteroatoms. The number of aliphatic hydroxyl groups is 6. The first-order chi connectivity index (χ1) is 48.3. The van der Waals surface area contributed by atoms with Gasteiger partial charge in [-0.05, 0) is 87.2 Å². The Kier molecular flexibility index (Phi) is 28.7. The minimum Gasteiger partial charge on any atom is -0.504 e. The number of carbonyl (C=O) groups excluding carboxylic acids is 8. The summed E-state index contributed by atoms with van der Waals surface area (Å²) >= 11 is 1.33. The average Bonchev–Trinajstić information content (AvgIpc) is 1.68. The highest BCUT2D eigenvalue weighted by Gasteiger charge is 2.50. The molecule has 0 spiro atoms. The lowest BCUT2D eigenvalue weighted by atomic mass is 9.98. The van der Waals surface area contributed by atoms with Crippen LogP contribution in [0.1, 0.15) is 92.7 Å². The van der Waals surface area contributed by atoms with E-state index in [4.69, 9.17) is 32.5 Å². The minimum absolute atomic E-state index is 0.0107. The molecule has 3 aromatic carbocycles. The number of phenols is 1. The molecule has 5 heterocycles. The number of aliphatic hydroxyl groups excluding tert-OH is 6. The highest BCUT2D eigenvalue weighted by atomic mass is 32.2. The van der Waals surface area contributed by atoms with Gasteiger partial charge >= 0.3 is 11.9 Å². The molecule has 3 aliphatic rings. The van der Waals surface area contributed by atoms with Gasteiger partial charge in [0.2, 0.25) is 35.4 Å². The number of β-amino-alcohol motifs (C(OH)–C–C–N with tert-alkyl or cyclic N) is 1. The van der Waals surface area contributed by atoms with Gasteiger partial charge in [0.15, 0.2) is 29.6 Å². The minimum atomic E-state index is -2.22. The zero-order valence-corrected chi connectivity index (χ0v) is 56.9. The number of aromatic nitrogens is 2. The van der Waals surface area contributed by atoms with Crippen molar-refractivity contribution in [1.82, 2.24) is 51.9 Å². The Bertz CT molecular complexity index is 3690. The first-order valence-corrected chi connectivity index (χ1v) is 33.8. The number of ether oxygens (including phenoxy) is 3. The van der Waals surface area contributed by atoms with Crippen LogP contribution < -0.4 is 46.6 Å². The van der Waals surface area contributed by atoms with Gasteiger partial charge in [0.1, 0.15) is 52.0 Å². The van der Waals surface area contributed by atoms with E-state index in [1.54, 1.807) is 19.2 Å². The second kappa shape index (κ2) is 37.2. The molecule has 13 atom stereocenters. The molecule has 8 amide bonds. The first kappa shape index (κ1) is 77.9. The third-order valence-electron chi connectivity index (χ3n) is 17.0. The van der Waals surface area contributed by atoms with Crippen LogP contribution in [0.2, 0.25) is 0 Å². The summed E-state index contributed by atoms with van der Waals surface area (Å²) in [6.07, 6.45) is -9.28. The third-order valence-corrected chi connectivity index (χ3v) is 18.3. The lowest BCUT2D eigenvalue weighted by Crippen LogP contribution is -2.64. The van der Waals surface area contributed by atoms with Crippen molar-refractivity contribution in [2.24, 2.45) is 5.92 Å². The van der Waals surface area contributed by atoms with Crippen molar-refractivity contribution in [2.75, 3.05) is 46.5 Å². The number of alkyl carbamates (subject to hydrolysis) is 1. The fraction of sp³-hybridized carbons (Fsp3) is 0.516. The van der Waals surface area contributed by atoms with Crippen LogP contribution in [0.4, 0.5) is 4.79 Å². The second-order valence-corrected chi connectivity index (χ2v) is 25.9. The summed E-state index contributed by atoms with van der Waals surface area (Å²) in [5.41, 5.74) is 1.41. The number of nitrogens with zero attached hydrogens (tertiary/aromatic N) is 4. The van der Waals surface area contributed by atoms with E-state index < -0.39 is 196 Å². The van der Waals surface area contributed by atoms with Crippen LogP contribution in [-0.4, -0.2) is 228 Å². The number of rotatable bonds is 27. The van der Waals surface area contributed by atoms with E-state index in [2.05, 4.69) is 51.5 Å². The lowest BCUT2D eigenvalue weighted by molar-refractivity contribution is -0.433. The molecule has 0 aliphatic carbocycles. The van der Waals surface area contributed by atoms with E-state index in [0.29, 0.717) is 27.9 Å². The summed E-state index contributed by atoms with van der Waals surface area (Å²) in [6.45, 7) is 2.40.